The Labute approximate surface area is 137 Å². The molecule has 0 N–H and O–H groups in total. The number of nitrogens with zero attached hydrogens (tertiary/aromatic N) is 2. The van der Waals surface area contributed by atoms with Crippen molar-refractivity contribution < 1.29 is 18.8 Å². The van der Waals surface area contributed by atoms with Gasteiger partial charge in [-0.1, -0.05) is 18.2 Å². The first-order chi connectivity index (χ1) is 11.5. The molecular formula is C17H13FN2O4. The van der Waals surface area contributed by atoms with Gasteiger partial charge >= 0.3 is 0 Å². The maximum absolute atomic E-state index is 13.9. The van der Waals surface area contributed by atoms with E-state index in [9.17, 15) is 19.8 Å². The van der Waals surface area contributed by atoms with Crippen LogP contribution in [0.5, 0.6) is 11.5 Å². The fourth-order valence-electron chi connectivity index (χ4n) is 2.16. The maximum atomic E-state index is 13.9. The first-order valence-electron chi connectivity index (χ1n) is 6.79. The number of methoxy groups -OCH3 is 2. The largest absolute Gasteiger partial charge is 0.493 e. The second kappa shape index (κ2) is 7.24. The van der Waals surface area contributed by atoms with Crippen molar-refractivity contribution in [2.75, 3.05) is 14.2 Å². The number of rotatable bonds is 5. The lowest BCUT2D eigenvalue weighted by atomic mass is 10.0. The van der Waals surface area contributed by atoms with Gasteiger partial charge in [0.2, 0.25) is 0 Å². The highest BCUT2D eigenvalue weighted by Crippen LogP contribution is 2.36. The zero-order chi connectivity index (χ0) is 17.7. The highest BCUT2D eigenvalue weighted by molar-refractivity contribution is 5.91. The lowest BCUT2D eigenvalue weighted by Gasteiger charge is -2.09. The first-order valence-corrected chi connectivity index (χ1v) is 6.79. The van der Waals surface area contributed by atoms with E-state index in [0.717, 1.165) is 0 Å². The van der Waals surface area contributed by atoms with Gasteiger partial charge in [0.25, 0.3) is 5.69 Å². The molecule has 0 aliphatic rings. The summed E-state index contributed by atoms with van der Waals surface area (Å²) < 4.78 is 24.0. The Hall–Kier alpha value is -3.40. The molecule has 0 heterocycles. The third kappa shape index (κ3) is 3.33. The van der Waals surface area contributed by atoms with E-state index in [1.54, 1.807) is 6.07 Å². The number of nitriles is 1. The van der Waals surface area contributed by atoms with Gasteiger partial charge in [-0.2, -0.15) is 5.26 Å². The fourth-order valence-corrected chi connectivity index (χ4v) is 2.16. The smallest absolute Gasteiger partial charge is 0.280 e. The van der Waals surface area contributed by atoms with Crippen molar-refractivity contribution in [2.24, 2.45) is 0 Å². The van der Waals surface area contributed by atoms with Gasteiger partial charge in [-0.05, 0) is 18.2 Å². The molecule has 0 fully saturated rings. The number of hydrogen-bond acceptors (Lipinski definition) is 5. The van der Waals surface area contributed by atoms with Crippen LogP contribution in [-0.4, -0.2) is 19.1 Å². The summed E-state index contributed by atoms with van der Waals surface area (Å²) in [6.45, 7) is 0. The van der Waals surface area contributed by atoms with Crippen LogP contribution in [0.2, 0.25) is 0 Å². The normalized spacial score (nSPS) is 10.8. The van der Waals surface area contributed by atoms with Crippen LogP contribution in [0.25, 0.3) is 11.6 Å². The Balaban J connectivity index is 2.68. The van der Waals surface area contributed by atoms with Gasteiger partial charge < -0.3 is 9.47 Å². The summed E-state index contributed by atoms with van der Waals surface area (Å²) in [7, 11) is 2.75. The first kappa shape index (κ1) is 17.0. The molecule has 0 saturated heterocycles. The summed E-state index contributed by atoms with van der Waals surface area (Å²) in [6, 6.07) is 10.1. The summed E-state index contributed by atoms with van der Waals surface area (Å²) in [5, 5.41) is 20.6. The minimum atomic E-state index is -0.607. The molecule has 0 aliphatic carbocycles. The molecule has 2 aromatic carbocycles. The number of nitro benzene ring substituents is 1. The predicted octanol–water partition coefficient (Wildman–Crippen LogP) is 3.82. The summed E-state index contributed by atoms with van der Waals surface area (Å²) in [4.78, 5) is 10.7. The van der Waals surface area contributed by atoms with Crippen LogP contribution in [0, 0.1) is 27.3 Å². The van der Waals surface area contributed by atoms with Crippen LogP contribution in [0.3, 0.4) is 0 Å². The second-order valence-electron chi connectivity index (χ2n) is 4.67. The monoisotopic (exact) mass is 328 g/mol. The van der Waals surface area contributed by atoms with Crippen molar-refractivity contribution in [3.8, 4) is 17.6 Å². The molecule has 0 spiro atoms. The predicted molar refractivity (Wildman–Crippen MR) is 86.1 cm³/mol. The third-order valence-electron chi connectivity index (χ3n) is 3.31. The van der Waals surface area contributed by atoms with E-state index in [2.05, 4.69) is 0 Å². The number of benzene rings is 2. The molecular weight excluding hydrogens is 315 g/mol. The molecule has 0 unspecified atom stereocenters. The van der Waals surface area contributed by atoms with E-state index in [1.807, 2.05) is 6.07 Å². The second-order valence-corrected chi connectivity index (χ2v) is 4.67. The van der Waals surface area contributed by atoms with E-state index >= 15 is 0 Å². The number of hydrogen-bond donors (Lipinski definition) is 0. The van der Waals surface area contributed by atoms with Crippen molar-refractivity contribution in [2.45, 2.75) is 0 Å². The molecule has 0 bridgehead atoms. The highest BCUT2D eigenvalue weighted by atomic mass is 19.1. The van der Waals surface area contributed by atoms with Crippen molar-refractivity contribution in [1.82, 2.24) is 0 Å². The van der Waals surface area contributed by atoms with E-state index in [-0.39, 0.29) is 33.9 Å². The average molecular weight is 328 g/mol. The Bertz CT molecular complexity index is 856. The van der Waals surface area contributed by atoms with Crippen LogP contribution >= 0.6 is 0 Å². The van der Waals surface area contributed by atoms with Crippen molar-refractivity contribution >= 4 is 17.3 Å². The van der Waals surface area contributed by atoms with Gasteiger partial charge in [0, 0.05) is 5.56 Å². The summed E-state index contributed by atoms with van der Waals surface area (Å²) in [5.41, 5.74) is -0.151. The Morgan fingerprint density at radius 1 is 1.25 bits per heavy atom. The molecule has 2 aromatic rings. The summed E-state index contributed by atoms with van der Waals surface area (Å²) in [5.74, 6) is -0.139. The zero-order valence-corrected chi connectivity index (χ0v) is 12.9. The highest BCUT2D eigenvalue weighted by Gasteiger charge is 2.19. The lowest BCUT2D eigenvalue weighted by Crippen LogP contribution is -1.97. The van der Waals surface area contributed by atoms with Gasteiger partial charge in [0.15, 0.2) is 11.5 Å². The molecule has 122 valence electrons. The topological polar surface area (TPSA) is 85.4 Å². The number of ether oxygens (including phenoxy) is 2. The summed E-state index contributed by atoms with van der Waals surface area (Å²) in [6.07, 6.45) is 1.25. The minimum absolute atomic E-state index is 0.0385. The fraction of sp³-hybridized carbons (Fsp3) is 0.118. The van der Waals surface area contributed by atoms with Crippen molar-refractivity contribution in [3.05, 3.63) is 63.5 Å². The number of halogens is 1. The summed E-state index contributed by atoms with van der Waals surface area (Å²) >= 11 is 0. The molecule has 0 radical (unpaired) electrons. The quantitative estimate of drug-likeness (QED) is 0.360. The molecule has 6 nitrogen and oxygen atoms in total. The molecule has 0 atom stereocenters. The maximum Gasteiger partial charge on any atom is 0.280 e. The Morgan fingerprint density at radius 2 is 1.88 bits per heavy atom. The van der Waals surface area contributed by atoms with Crippen LogP contribution in [0.15, 0.2) is 36.4 Å². The number of nitro groups is 1. The van der Waals surface area contributed by atoms with E-state index in [4.69, 9.17) is 9.47 Å². The molecule has 0 saturated carbocycles. The van der Waals surface area contributed by atoms with Crippen molar-refractivity contribution in [1.29, 1.82) is 5.26 Å². The average Bonchev–Trinajstić information content (AvgIpc) is 2.59. The molecule has 2 rings (SSSR count). The standard InChI is InChI=1S/C17H13FN2O4/c1-23-16-8-11(15(20(21)22)9-17(16)24-2)7-12(10-19)13-5-3-4-6-14(13)18/h3-9H,1-2H3. The van der Waals surface area contributed by atoms with E-state index in [0.29, 0.717) is 0 Å². The zero-order valence-electron chi connectivity index (χ0n) is 12.9. The van der Waals surface area contributed by atoms with Crippen LogP contribution in [0.1, 0.15) is 11.1 Å². The minimum Gasteiger partial charge on any atom is -0.493 e. The molecule has 0 aliphatic heterocycles. The van der Waals surface area contributed by atoms with Crippen LogP contribution < -0.4 is 9.47 Å². The molecule has 7 heteroatoms. The van der Waals surface area contributed by atoms with Gasteiger partial charge in [0.1, 0.15) is 5.82 Å². The van der Waals surface area contributed by atoms with Gasteiger partial charge in [-0.3, -0.25) is 10.1 Å². The molecule has 24 heavy (non-hydrogen) atoms. The van der Waals surface area contributed by atoms with Gasteiger partial charge in [-0.25, -0.2) is 4.39 Å². The van der Waals surface area contributed by atoms with E-state index in [1.165, 1.54) is 50.6 Å². The SMILES string of the molecule is COc1cc(C=C(C#N)c2ccccc2F)c([N+](=O)[O-])cc1OC. The van der Waals surface area contributed by atoms with Gasteiger partial charge in [-0.15, -0.1) is 0 Å². The Morgan fingerprint density at radius 3 is 2.42 bits per heavy atom. The third-order valence-corrected chi connectivity index (χ3v) is 3.31. The van der Waals surface area contributed by atoms with Crippen molar-refractivity contribution in [3.63, 3.8) is 0 Å². The van der Waals surface area contributed by atoms with E-state index < -0.39 is 10.7 Å². The Kier molecular flexibility index (Phi) is 5.12. The molecule has 0 amide bonds. The van der Waals surface area contributed by atoms with Gasteiger partial charge in [0.05, 0.1) is 42.4 Å². The lowest BCUT2D eigenvalue weighted by molar-refractivity contribution is -0.385. The van der Waals surface area contributed by atoms with Crippen LogP contribution in [-0.2, 0) is 0 Å². The molecule has 0 aromatic heterocycles. The van der Waals surface area contributed by atoms with Crippen LogP contribution in [0.4, 0.5) is 10.1 Å². The number of allylic oxidation sites excluding steroid dienone is 1.